The molecule has 104 valence electrons. The Bertz CT molecular complexity index is 731. The van der Waals surface area contributed by atoms with Crippen LogP contribution in [0.5, 0.6) is 0 Å². The maximum Gasteiger partial charge on any atom is 0.134 e. The smallest absolute Gasteiger partial charge is 0.134 e. The van der Waals surface area contributed by atoms with Gasteiger partial charge in [-0.05, 0) is 46.1 Å². The SMILES string of the molecule is CCc1oc2ccccc2c1C(NC)c1csc(Br)c1. The van der Waals surface area contributed by atoms with Gasteiger partial charge in [0.05, 0.1) is 9.83 Å². The van der Waals surface area contributed by atoms with Crippen LogP contribution in [0, 0.1) is 0 Å². The predicted molar refractivity (Wildman–Crippen MR) is 88.5 cm³/mol. The number of furan rings is 1. The van der Waals surface area contributed by atoms with Crippen molar-refractivity contribution >= 4 is 38.2 Å². The number of hydrogen-bond acceptors (Lipinski definition) is 3. The number of aryl methyl sites for hydroxylation is 1. The van der Waals surface area contributed by atoms with Crippen LogP contribution in [0.3, 0.4) is 0 Å². The van der Waals surface area contributed by atoms with Crippen LogP contribution in [0.15, 0.2) is 43.9 Å². The topological polar surface area (TPSA) is 25.2 Å². The molecule has 1 aromatic carbocycles. The van der Waals surface area contributed by atoms with Crippen molar-refractivity contribution in [1.29, 1.82) is 0 Å². The molecule has 0 saturated carbocycles. The van der Waals surface area contributed by atoms with Crippen LogP contribution in [-0.4, -0.2) is 7.05 Å². The van der Waals surface area contributed by atoms with Crippen molar-refractivity contribution in [3.63, 3.8) is 0 Å². The first-order chi connectivity index (χ1) is 9.74. The van der Waals surface area contributed by atoms with Crippen molar-refractivity contribution in [1.82, 2.24) is 5.32 Å². The van der Waals surface area contributed by atoms with E-state index in [9.17, 15) is 0 Å². The Hall–Kier alpha value is -1.10. The molecule has 0 bridgehead atoms. The number of hydrogen-bond donors (Lipinski definition) is 1. The Morgan fingerprint density at radius 2 is 2.15 bits per heavy atom. The second-order valence-electron chi connectivity index (χ2n) is 4.69. The van der Waals surface area contributed by atoms with E-state index in [1.165, 1.54) is 16.5 Å². The lowest BCUT2D eigenvalue weighted by Gasteiger charge is -2.15. The second-order valence-corrected chi connectivity index (χ2v) is 6.98. The molecule has 2 aromatic heterocycles. The number of halogens is 1. The third-order valence-corrected chi connectivity index (χ3v) is 5.05. The van der Waals surface area contributed by atoms with E-state index in [0.717, 1.165) is 21.6 Å². The van der Waals surface area contributed by atoms with Crippen molar-refractivity contribution in [3.8, 4) is 0 Å². The van der Waals surface area contributed by atoms with E-state index >= 15 is 0 Å². The third kappa shape index (κ3) is 2.32. The van der Waals surface area contributed by atoms with Crippen molar-refractivity contribution < 1.29 is 4.42 Å². The van der Waals surface area contributed by atoms with Gasteiger partial charge in [0.25, 0.3) is 0 Å². The summed E-state index contributed by atoms with van der Waals surface area (Å²) < 4.78 is 7.16. The maximum absolute atomic E-state index is 6.01. The molecule has 2 heterocycles. The number of thiophene rings is 1. The van der Waals surface area contributed by atoms with E-state index in [2.05, 4.69) is 51.7 Å². The molecular formula is C16H16BrNOS. The summed E-state index contributed by atoms with van der Waals surface area (Å²) >= 11 is 5.26. The van der Waals surface area contributed by atoms with Gasteiger partial charge in [-0.15, -0.1) is 11.3 Å². The summed E-state index contributed by atoms with van der Waals surface area (Å²) in [5.74, 6) is 1.06. The van der Waals surface area contributed by atoms with Gasteiger partial charge >= 0.3 is 0 Å². The maximum atomic E-state index is 6.01. The fourth-order valence-electron chi connectivity index (χ4n) is 2.65. The number of nitrogens with one attached hydrogen (secondary N) is 1. The first kappa shape index (κ1) is 13.9. The van der Waals surface area contributed by atoms with Crippen LogP contribution in [0.2, 0.25) is 0 Å². The number of para-hydroxylation sites is 1. The van der Waals surface area contributed by atoms with Crippen molar-refractivity contribution in [3.05, 3.63) is 56.4 Å². The summed E-state index contributed by atoms with van der Waals surface area (Å²) in [6.45, 7) is 2.14. The van der Waals surface area contributed by atoms with Gasteiger partial charge in [0, 0.05) is 17.4 Å². The monoisotopic (exact) mass is 349 g/mol. The number of rotatable bonds is 4. The van der Waals surface area contributed by atoms with E-state index in [4.69, 9.17) is 4.42 Å². The molecule has 0 radical (unpaired) electrons. The molecule has 0 aliphatic carbocycles. The Kier molecular flexibility index (Phi) is 3.96. The van der Waals surface area contributed by atoms with Crippen molar-refractivity contribution in [2.24, 2.45) is 0 Å². The van der Waals surface area contributed by atoms with Crippen LogP contribution in [0.25, 0.3) is 11.0 Å². The summed E-state index contributed by atoms with van der Waals surface area (Å²) in [7, 11) is 2.00. The molecule has 1 N–H and O–H groups in total. The Balaban J connectivity index is 2.20. The van der Waals surface area contributed by atoms with Crippen LogP contribution < -0.4 is 5.32 Å². The Morgan fingerprint density at radius 1 is 1.35 bits per heavy atom. The zero-order valence-electron chi connectivity index (χ0n) is 11.4. The summed E-state index contributed by atoms with van der Waals surface area (Å²) in [6, 6.07) is 10.6. The quantitative estimate of drug-likeness (QED) is 0.706. The van der Waals surface area contributed by atoms with Crippen LogP contribution in [-0.2, 0) is 6.42 Å². The molecule has 0 saturated heterocycles. The minimum Gasteiger partial charge on any atom is -0.461 e. The minimum atomic E-state index is 0.163. The normalized spacial score (nSPS) is 12.9. The first-order valence-corrected chi connectivity index (χ1v) is 8.33. The van der Waals surface area contributed by atoms with E-state index < -0.39 is 0 Å². The van der Waals surface area contributed by atoms with E-state index in [1.54, 1.807) is 11.3 Å². The lowest BCUT2D eigenvalue weighted by atomic mass is 9.97. The largest absolute Gasteiger partial charge is 0.461 e. The average Bonchev–Trinajstić information content (AvgIpc) is 3.05. The van der Waals surface area contributed by atoms with Crippen LogP contribution in [0.4, 0.5) is 0 Å². The van der Waals surface area contributed by atoms with E-state index in [-0.39, 0.29) is 6.04 Å². The standard InChI is InChI=1S/C16H16BrNOS/c1-3-12-15(11-6-4-5-7-13(11)19-12)16(18-2)10-8-14(17)20-9-10/h4-9,16,18H,3H2,1-2H3. The molecule has 1 unspecified atom stereocenters. The Morgan fingerprint density at radius 3 is 2.80 bits per heavy atom. The molecule has 3 rings (SSSR count). The molecular weight excluding hydrogens is 334 g/mol. The highest BCUT2D eigenvalue weighted by molar-refractivity contribution is 9.11. The molecule has 0 aliphatic rings. The molecule has 0 amide bonds. The Labute approximate surface area is 130 Å². The van der Waals surface area contributed by atoms with Gasteiger partial charge in [0.2, 0.25) is 0 Å². The van der Waals surface area contributed by atoms with Crippen molar-refractivity contribution in [2.45, 2.75) is 19.4 Å². The highest BCUT2D eigenvalue weighted by Crippen LogP contribution is 2.36. The zero-order chi connectivity index (χ0) is 14.1. The van der Waals surface area contributed by atoms with Gasteiger partial charge in [0.15, 0.2) is 0 Å². The summed E-state index contributed by atoms with van der Waals surface area (Å²) in [5.41, 5.74) is 3.50. The molecule has 3 aromatic rings. The minimum absolute atomic E-state index is 0.163. The average molecular weight is 350 g/mol. The van der Waals surface area contributed by atoms with Gasteiger partial charge in [-0.1, -0.05) is 25.1 Å². The molecule has 4 heteroatoms. The third-order valence-electron chi connectivity index (χ3n) is 3.53. The predicted octanol–water partition coefficient (Wildman–Crippen LogP) is 5.13. The summed E-state index contributed by atoms with van der Waals surface area (Å²) in [4.78, 5) is 0. The fourth-order valence-corrected chi connectivity index (χ4v) is 3.85. The summed E-state index contributed by atoms with van der Waals surface area (Å²) in [6.07, 6.45) is 0.896. The molecule has 0 aliphatic heterocycles. The highest BCUT2D eigenvalue weighted by atomic mass is 79.9. The molecule has 1 atom stereocenters. The molecule has 0 spiro atoms. The van der Waals surface area contributed by atoms with Gasteiger partial charge in [0.1, 0.15) is 11.3 Å². The van der Waals surface area contributed by atoms with E-state index in [0.29, 0.717) is 0 Å². The van der Waals surface area contributed by atoms with Crippen molar-refractivity contribution in [2.75, 3.05) is 7.05 Å². The van der Waals surface area contributed by atoms with Crippen LogP contribution >= 0.6 is 27.3 Å². The van der Waals surface area contributed by atoms with Gasteiger partial charge in [-0.25, -0.2) is 0 Å². The number of fused-ring (bicyclic) bond motifs is 1. The van der Waals surface area contributed by atoms with Gasteiger partial charge < -0.3 is 9.73 Å². The number of benzene rings is 1. The first-order valence-electron chi connectivity index (χ1n) is 6.66. The van der Waals surface area contributed by atoms with Gasteiger partial charge in [-0.2, -0.15) is 0 Å². The zero-order valence-corrected chi connectivity index (χ0v) is 13.8. The molecule has 20 heavy (non-hydrogen) atoms. The highest BCUT2D eigenvalue weighted by Gasteiger charge is 2.22. The molecule has 2 nitrogen and oxygen atoms in total. The van der Waals surface area contributed by atoms with Gasteiger partial charge in [-0.3, -0.25) is 0 Å². The molecule has 0 fully saturated rings. The fraction of sp³-hybridized carbons (Fsp3) is 0.250. The second kappa shape index (κ2) is 5.72. The lowest BCUT2D eigenvalue weighted by Crippen LogP contribution is -2.17. The lowest BCUT2D eigenvalue weighted by molar-refractivity contribution is 0.539. The summed E-state index contributed by atoms with van der Waals surface area (Å²) in [5, 5.41) is 6.81. The van der Waals surface area contributed by atoms with E-state index in [1.807, 2.05) is 19.2 Å². The van der Waals surface area contributed by atoms with Crippen LogP contribution in [0.1, 0.15) is 29.9 Å².